The Kier molecular flexibility index (Phi) is 5.81. The first-order chi connectivity index (χ1) is 7.34. The molecule has 15 heavy (non-hydrogen) atoms. The fraction of sp³-hybridized carbons (Fsp3) is 0.500. The van der Waals surface area contributed by atoms with Crippen molar-refractivity contribution in [1.82, 2.24) is 0 Å². The van der Waals surface area contributed by atoms with Gasteiger partial charge < -0.3 is 14.8 Å². The second kappa shape index (κ2) is 7.26. The first-order valence-electron chi connectivity index (χ1n) is 5.33. The Hall–Kier alpha value is -1.06. The van der Waals surface area contributed by atoms with Gasteiger partial charge in [-0.3, -0.25) is 0 Å². The predicted molar refractivity (Wildman–Crippen MR) is 60.2 cm³/mol. The van der Waals surface area contributed by atoms with Gasteiger partial charge in [-0.15, -0.1) is 0 Å². The summed E-state index contributed by atoms with van der Waals surface area (Å²) >= 11 is 0. The van der Waals surface area contributed by atoms with Crippen LogP contribution < -0.4 is 10.1 Å². The van der Waals surface area contributed by atoms with Crippen LogP contribution in [0.15, 0.2) is 24.3 Å². The molecule has 0 bridgehead atoms. The Balaban J connectivity index is 2.12. The minimum absolute atomic E-state index is 0.745. The number of nitrogens with two attached hydrogens (primary N) is 1. The standard InChI is InChI=1S/C12H19NO2/c1-11-5-3-4-6-12(11)15-10-8-13-7-9-14-2/h3-6,13H,7-10H2,1-2H3/p+1. The summed E-state index contributed by atoms with van der Waals surface area (Å²) in [6.45, 7) is 5.56. The van der Waals surface area contributed by atoms with E-state index in [-0.39, 0.29) is 0 Å². The summed E-state index contributed by atoms with van der Waals surface area (Å²) in [6, 6.07) is 8.08. The van der Waals surface area contributed by atoms with Crippen molar-refractivity contribution in [2.75, 3.05) is 33.4 Å². The highest BCUT2D eigenvalue weighted by atomic mass is 16.5. The van der Waals surface area contributed by atoms with Crippen molar-refractivity contribution in [2.24, 2.45) is 0 Å². The van der Waals surface area contributed by atoms with Crippen molar-refractivity contribution >= 4 is 0 Å². The van der Waals surface area contributed by atoms with Gasteiger partial charge in [0.05, 0.1) is 13.2 Å². The van der Waals surface area contributed by atoms with E-state index in [1.165, 1.54) is 5.56 Å². The van der Waals surface area contributed by atoms with E-state index in [2.05, 4.69) is 18.3 Å². The van der Waals surface area contributed by atoms with E-state index < -0.39 is 0 Å². The van der Waals surface area contributed by atoms with Gasteiger partial charge in [0.15, 0.2) is 0 Å². The zero-order chi connectivity index (χ0) is 10.9. The van der Waals surface area contributed by atoms with Crippen LogP contribution in [0.25, 0.3) is 0 Å². The molecule has 1 aromatic rings. The Morgan fingerprint density at radius 2 is 1.87 bits per heavy atom. The van der Waals surface area contributed by atoms with Gasteiger partial charge in [-0.1, -0.05) is 18.2 Å². The van der Waals surface area contributed by atoms with E-state index in [9.17, 15) is 0 Å². The largest absolute Gasteiger partial charge is 0.487 e. The van der Waals surface area contributed by atoms with Crippen LogP contribution in [0.5, 0.6) is 5.75 Å². The number of rotatable bonds is 7. The summed E-state index contributed by atoms with van der Waals surface area (Å²) in [7, 11) is 1.72. The number of aryl methyl sites for hydroxylation is 1. The second-order valence-electron chi connectivity index (χ2n) is 3.47. The lowest BCUT2D eigenvalue weighted by atomic mass is 10.2. The van der Waals surface area contributed by atoms with Gasteiger partial charge in [-0.05, 0) is 18.6 Å². The highest BCUT2D eigenvalue weighted by Gasteiger charge is 1.97. The summed E-state index contributed by atoms with van der Waals surface area (Å²) < 4.78 is 10.6. The maximum atomic E-state index is 5.64. The molecule has 1 aromatic carbocycles. The Morgan fingerprint density at radius 3 is 2.60 bits per heavy atom. The van der Waals surface area contributed by atoms with Crippen LogP contribution >= 0.6 is 0 Å². The molecule has 0 aliphatic heterocycles. The highest BCUT2D eigenvalue weighted by Crippen LogP contribution is 2.15. The van der Waals surface area contributed by atoms with E-state index in [0.717, 1.165) is 32.1 Å². The molecule has 1 rings (SSSR count). The number of para-hydroxylation sites is 1. The van der Waals surface area contributed by atoms with Crippen LogP contribution in [0.3, 0.4) is 0 Å². The lowest BCUT2D eigenvalue weighted by Gasteiger charge is -2.07. The molecule has 0 aliphatic carbocycles. The molecule has 0 aromatic heterocycles. The van der Waals surface area contributed by atoms with Crippen LogP contribution in [-0.2, 0) is 4.74 Å². The van der Waals surface area contributed by atoms with Gasteiger partial charge in [0, 0.05) is 7.11 Å². The maximum absolute atomic E-state index is 5.64. The molecular weight excluding hydrogens is 190 g/mol. The summed E-state index contributed by atoms with van der Waals surface area (Å²) in [6.07, 6.45) is 0. The van der Waals surface area contributed by atoms with Gasteiger partial charge in [0.25, 0.3) is 0 Å². The number of benzene rings is 1. The molecule has 3 heteroatoms. The Bertz CT molecular complexity index is 276. The third-order valence-corrected chi connectivity index (χ3v) is 2.20. The molecule has 0 saturated heterocycles. The van der Waals surface area contributed by atoms with Crippen LogP contribution in [-0.4, -0.2) is 33.4 Å². The zero-order valence-corrected chi connectivity index (χ0v) is 9.53. The monoisotopic (exact) mass is 210 g/mol. The molecule has 0 unspecified atom stereocenters. The Morgan fingerprint density at radius 1 is 1.13 bits per heavy atom. The number of quaternary nitrogens is 1. The first kappa shape index (κ1) is 12.0. The molecule has 84 valence electrons. The number of methoxy groups -OCH3 is 1. The summed E-state index contributed by atoms with van der Waals surface area (Å²) in [5.41, 5.74) is 1.19. The average Bonchev–Trinajstić information content (AvgIpc) is 2.25. The lowest BCUT2D eigenvalue weighted by Crippen LogP contribution is -2.86. The van der Waals surface area contributed by atoms with Crippen LogP contribution in [0.4, 0.5) is 0 Å². The van der Waals surface area contributed by atoms with Gasteiger partial charge in [0.1, 0.15) is 18.9 Å². The fourth-order valence-electron chi connectivity index (χ4n) is 1.32. The van der Waals surface area contributed by atoms with E-state index in [4.69, 9.17) is 9.47 Å². The average molecular weight is 210 g/mol. The smallest absolute Gasteiger partial charge is 0.137 e. The molecule has 0 atom stereocenters. The molecule has 2 N–H and O–H groups in total. The quantitative estimate of drug-likeness (QED) is 0.668. The minimum atomic E-state index is 0.745. The van der Waals surface area contributed by atoms with Gasteiger partial charge in [-0.2, -0.15) is 0 Å². The van der Waals surface area contributed by atoms with Crippen molar-refractivity contribution in [3.8, 4) is 5.75 Å². The Labute approximate surface area is 91.4 Å². The normalized spacial score (nSPS) is 10.3. The summed E-state index contributed by atoms with van der Waals surface area (Å²) in [4.78, 5) is 0. The summed E-state index contributed by atoms with van der Waals surface area (Å²) in [5, 5.41) is 2.20. The molecule has 0 radical (unpaired) electrons. The van der Waals surface area contributed by atoms with Crippen LogP contribution in [0, 0.1) is 6.92 Å². The van der Waals surface area contributed by atoms with Crippen LogP contribution in [0.2, 0.25) is 0 Å². The number of hydrogen-bond donors (Lipinski definition) is 1. The van der Waals surface area contributed by atoms with Crippen LogP contribution in [0.1, 0.15) is 5.56 Å². The van der Waals surface area contributed by atoms with E-state index in [1.807, 2.05) is 18.2 Å². The van der Waals surface area contributed by atoms with Gasteiger partial charge in [-0.25, -0.2) is 0 Å². The molecule has 0 saturated carbocycles. The van der Waals surface area contributed by atoms with E-state index in [0.29, 0.717) is 0 Å². The minimum Gasteiger partial charge on any atom is -0.487 e. The van der Waals surface area contributed by atoms with Gasteiger partial charge in [0.2, 0.25) is 0 Å². The first-order valence-corrected chi connectivity index (χ1v) is 5.33. The van der Waals surface area contributed by atoms with Crippen molar-refractivity contribution < 1.29 is 14.8 Å². The molecule has 0 heterocycles. The predicted octanol–water partition coefficient (Wildman–Crippen LogP) is 0.584. The second-order valence-corrected chi connectivity index (χ2v) is 3.47. The molecular formula is C12H20NO2+. The topological polar surface area (TPSA) is 35.1 Å². The molecule has 0 aliphatic rings. The van der Waals surface area contributed by atoms with E-state index in [1.54, 1.807) is 7.11 Å². The van der Waals surface area contributed by atoms with Crippen molar-refractivity contribution in [1.29, 1.82) is 0 Å². The third kappa shape index (κ3) is 4.81. The van der Waals surface area contributed by atoms with Crippen molar-refractivity contribution in [2.45, 2.75) is 6.92 Å². The van der Waals surface area contributed by atoms with Gasteiger partial charge >= 0.3 is 0 Å². The molecule has 3 nitrogen and oxygen atoms in total. The number of ether oxygens (including phenoxy) is 2. The maximum Gasteiger partial charge on any atom is 0.137 e. The molecule has 0 spiro atoms. The molecule has 0 amide bonds. The van der Waals surface area contributed by atoms with Crippen molar-refractivity contribution in [3.05, 3.63) is 29.8 Å². The zero-order valence-electron chi connectivity index (χ0n) is 9.53. The third-order valence-electron chi connectivity index (χ3n) is 2.20. The number of hydrogen-bond acceptors (Lipinski definition) is 2. The van der Waals surface area contributed by atoms with E-state index >= 15 is 0 Å². The fourth-order valence-corrected chi connectivity index (χ4v) is 1.32. The molecule has 0 fully saturated rings. The SMILES string of the molecule is COCC[NH2+]CCOc1ccccc1C. The van der Waals surface area contributed by atoms with Crippen molar-refractivity contribution in [3.63, 3.8) is 0 Å². The highest BCUT2D eigenvalue weighted by molar-refractivity contribution is 5.31. The summed E-state index contributed by atoms with van der Waals surface area (Å²) in [5.74, 6) is 0.984. The lowest BCUT2D eigenvalue weighted by molar-refractivity contribution is -0.656.